The van der Waals surface area contributed by atoms with E-state index in [1.54, 1.807) is 30.3 Å². The van der Waals surface area contributed by atoms with Gasteiger partial charge >= 0.3 is 18.2 Å². The highest BCUT2D eigenvalue weighted by Gasteiger charge is 2.31. The number of aryl methyl sites for hydroxylation is 1. The third-order valence-corrected chi connectivity index (χ3v) is 5.38. The second kappa shape index (κ2) is 11.3. The largest absolute Gasteiger partial charge is 0.416 e. The molecule has 0 unspecified atom stereocenters. The quantitative estimate of drug-likeness (QED) is 0.319. The molecule has 11 heteroatoms. The summed E-state index contributed by atoms with van der Waals surface area (Å²) in [4.78, 5) is 26.4. The van der Waals surface area contributed by atoms with Crippen LogP contribution in [0.25, 0.3) is 0 Å². The van der Waals surface area contributed by atoms with Gasteiger partial charge in [0.15, 0.2) is 0 Å². The number of anilines is 3. The molecule has 35 heavy (non-hydrogen) atoms. The fraction of sp³-hybridized carbons (Fsp3) is 0.167. The molecule has 0 heterocycles. The number of hydrogen-bond acceptors (Lipinski definition) is 2. The number of hydrogen-bond donors (Lipinski definition) is 3. The number of nitrogens with zero attached hydrogens (tertiary/aromatic N) is 1. The Bertz CT molecular complexity index is 1200. The van der Waals surface area contributed by atoms with Crippen molar-refractivity contribution in [1.29, 1.82) is 0 Å². The van der Waals surface area contributed by atoms with Crippen molar-refractivity contribution in [2.24, 2.45) is 0 Å². The zero-order valence-electron chi connectivity index (χ0n) is 18.4. The van der Waals surface area contributed by atoms with Crippen LogP contribution < -0.4 is 20.9 Å². The Balaban J connectivity index is 1.73. The van der Waals surface area contributed by atoms with Crippen LogP contribution in [0.5, 0.6) is 0 Å². The summed E-state index contributed by atoms with van der Waals surface area (Å²) in [5.74, 6) is 0. The van der Waals surface area contributed by atoms with Gasteiger partial charge in [-0.15, -0.1) is 0 Å². The van der Waals surface area contributed by atoms with Gasteiger partial charge in [0.25, 0.3) is 0 Å². The molecule has 6 nitrogen and oxygen atoms in total. The number of halogens is 5. The summed E-state index contributed by atoms with van der Waals surface area (Å²) in [7, 11) is 0. The van der Waals surface area contributed by atoms with Crippen LogP contribution >= 0.6 is 23.2 Å². The Morgan fingerprint density at radius 3 is 2.31 bits per heavy atom. The summed E-state index contributed by atoms with van der Waals surface area (Å²) in [6.07, 6.45) is -4.58. The summed E-state index contributed by atoms with van der Waals surface area (Å²) < 4.78 is 39.7. The zero-order valence-corrected chi connectivity index (χ0v) is 19.9. The Morgan fingerprint density at radius 2 is 1.66 bits per heavy atom. The van der Waals surface area contributed by atoms with Crippen molar-refractivity contribution in [2.45, 2.75) is 13.1 Å². The molecule has 0 aliphatic carbocycles. The summed E-state index contributed by atoms with van der Waals surface area (Å²) in [6, 6.07) is 14.6. The number of carbonyl (C=O) groups is 2. The first-order valence-corrected chi connectivity index (χ1v) is 11.1. The minimum absolute atomic E-state index is 0.0207. The highest BCUT2D eigenvalue weighted by Crippen LogP contribution is 2.32. The van der Waals surface area contributed by atoms with Crippen LogP contribution in [0.2, 0.25) is 10.0 Å². The molecule has 0 aliphatic heterocycles. The number of amides is 4. The molecule has 0 atom stereocenters. The van der Waals surface area contributed by atoms with Crippen LogP contribution in [-0.2, 0) is 6.18 Å². The van der Waals surface area contributed by atoms with Gasteiger partial charge in [0.05, 0.1) is 16.3 Å². The molecule has 4 amide bonds. The molecule has 0 bridgehead atoms. The molecule has 3 N–H and O–H groups in total. The molecule has 0 saturated carbocycles. The third kappa shape index (κ3) is 7.53. The van der Waals surface area contributed by atoms with Gasteiger partial charge in [-0.1, -0.05) is 47.0 Å². The normalized spacial score (nSPS) is 11.0. The van der Waals surface area contributed by atoms with Crippen molar-refractivity contribution in [2.75, 3.05) is 28.6 Å². The van der Waals surface area contributed by atoms with Crippen LogP contribution in [0.4, 0.5) is 39.8 Å². The van der Waals surface area contributed by atoms with E-state index in [1.807, 2.05) is 6.92 Å². The molecule has 0 aromatic heterocycles. The van der Waals surface area contributed by atoms with Crippen molar-refractivity contribution in [1.82, 2.24) is 5.32 Å². The van der Waals surface area contributed by atoms with Crippen molar-refractivity contribution >= 4 is 52.3 Å². The average Bonchev–Trinajstić information content (AvgIpc) is 2.79. The maximum absolute atomic E-state index is 13.2. The summed E-state index contributed by atoms with van der Waals surface area (Å²) in [5.41, 5.74) is 0.897. The van der Waals surface area contributed by atoms with Crippen molar-refractivity contribution < 1.29 is 22.8 Å². The fourth-order valence-corrected chi connectivity index (χ4v) is 3.52. The average molecular weight is 525 g/mol. The molecular formula is C24H21Cl2F3N4O2. The minimum atomic E-state index is -4.58. The summed E-state index contributed by atoms with van der Waals surface area (Å²) >= 11 is 11.9. The first-order chi connectivity index (χ1) is 16.5. The first-order valence-electron chi connectivity index (χ1n) is 10.4. The first kappa shape index (κ1) is 26.2. The summed E-state index contributed by atoms with van der Waals surface area (Å²) in [6.45, 7) is 1.71. The van der Waals surface area contributed by atoms with Crippen molar-refractivity contribution in [3.05, 3.63) is 87.9 Å². The molecule has 0 spiro atoms. The highest BCUT2D eigenvalue weighted by atomic mass is 35.5. The van der Waals surface area contributed by atoms with E-state index >= 15 is 0 Å². The highest BCUT2D eigenvalue weighted by molar-refractivity contribution is 6.36. The lowest BCUT2D eigenvalue weighted by Gasteiger charge is -2.24. The van der Waals surface area contributed by atoms with Crippen LogP contribution in [0.15, 0.2) is 66.7 Å². The molecule has 0 radical (unpaired) electrons. The molecule has 184 valence electrons. The molecule has 3 rings (SSSR count). The van der Waals surface area contributed by atoms with Gasteiger partial charge < -0.3 is 16.0 Å². The van der Waals surface area contributed by atoms with Gasteiger partial charge in [-0.05, 0) is 55.5 Å². The van der Waals surface area contributed by atoms with E-state index in [-0.39, 0.29) is 23.8 Å². The van der Waals surface area contributed by atoms with E-state index in [0.717, 1.165) is 22.6 Å². The lowest BCUT2D eigenvalue weighted by atomic mass is 10.2. The standard InChI is InChI=1S/C24H21Cl2F3N4O2/c1-15-5-8-18(9-6-15)31-23(35)33(19-4-2-3-16(13-19)24(27,28)29)12-11-30-22(34)32-21-10-7-17(25)14-20(21)26/h2-10,13-14H,11-12H2,1H3,(H,31,35)(H2,30,32,34). The maximum atomic E-state index is 13.2. The molecular weight excluding hydrogens is 504 g/mol. The number of benzene rings is 3. The second-order valence-electron chi connectivity index (χ2n) is 7.50. The van der Waals surface area contributed by atoms with Gasteiger partial charge in [-0.25, -0.2) is 9.59 Å². The van der Waals surface area contributed by atoms with E-state index in [1.165, 1.54) is 24.3 Å². The Hall–Kier alpha value is -3.43. The zero-order chi connectivity index (χ0) is 25.6. The lowest BCUT2D eigenvalue weighted by molar-refractivity contribution is -0.137. The van der Waals surface area contributed by atoms with Gasteiger partial charge in [0, 0.05) is 29.5 Å². The van der Waals surface area contributed by atoms with E-state index < -0.39 is 23.8 Å². The van der Waals surface area contributed by atoms with Crippen molar-refractivity contribution in [3.8, 4) is 0 Å². The van der Waals surface area contributed by atoms with Gasteiger partial charge in [0.1, 0.15) is 0 Å². The summed E-state index contributed by atoms with van der Waals surface area (Å²) in [5, 5.41) is 8.40. The second-order valence-corrected chi connectivity index (χ2v) is 8.34. The number of carbonyl (C=O) groups excluding carboxylic acids is 2. The van der Waals surface area contributed by atoms with E-state index in [2.05, 4.69) is 16.0 Å². The number of alkyl halides is 3. The van der Waals surface area contributed by atoms with E-state index in [4.69, 9.17) is 23.2 Å². The van der Waals surface area contributed by atoms with Gasteiger partial charge in [-0.2, -0.15) is 13.2 Å². The Labute approximate surface area is 210 Å². The fourth-order valence-electron chi connectivity index (χ4n) is 3.06. The molecule has 0 fully saturated rings. The molecule has 0 saturated heterocycles. The number of nitrogens with one attached hydrogen (secondary N) is 3. The molecule has 3 aromatic rings. The lowest BCUT2D eigenvalue weighted by Crippen LogP contribution is -2.42. The van der Waals surface area contributed by atoms with Crippen molar-refractivity contribution in [3.63, 3.8) is 0 Å². The van der Waals surface area contributed by atoms with Crippen LogP contribution in [0.1, 0.15) is 11.1 Å². The van der Waals surface area contributed by atoms with Gasteiger partial charge in [-0.3, -0.25) is 4.90 Å². The predicted octanol–water partition coefficient (Wildman–Crippen LogP) is 7.18. The smallest absolute Gasteiger partial charge is 0.336 e. The van der Waals surface area contributed by atoms with Crippen LogP contribution in [0.3, 0.4) is 0 Å². The van der Waals surface area contributed by atoms with E-state index in [0.29, 0.717) is 16.4 Å². The molecule has 0 aliphatic rings. The topological polar surface area (TPSA) is 73.5 Å². The third-order valence-electron chi connectivity index (χ3n) is 4.83. The Kier molecular flexibility index (Phi) is 8.48. The SMILES string of the molecule is Cc1ccc(NC(=O)N(CCNC(=O)Nc2ccc(Cl)cc2Cl)c2cccc(C(F)(F)F)c2)cc1. The van der Waals surface area contributed by atoms with Crippen LogP contribution in [0, 0.1) is 6.92 Å². The Morgan fingerprint density at radius 1 is 0.943 bits per heavy atom. The predicted molar refractivity (Wildman–Crippen MR) is 132 cm³/mol. The monoisotopic (exact) mass is 524 g/mol. The number of rotatable bonds is 6. The minimum Gasteiger partial charge on any atom is -0.336 e. The number of urea groups is 2. The molecule has 3 aromatic carbocycles. The van der Waals surface area contributed by atoms with Gasteiger partial charge in [0.2, 0.25) is 0 Å². The van der Waals surface area contributed by atoms with E-state index in [9.17, 15) is 22.8 Å². The van der Waals surface area contributed by atoms with Crippen LogP contribution in [-0.4, -0.2) is 25.2 Å². The maximum Gasteiger partial charge on any atom is 0.416 e.